The Morgan fingerprint density at radius 2 is 2.00 bits per heavy atom. The number of nitrogen functional groups attached to an aromatic ring is 1. The molecule has 2 N–H and O–H groups in total. The van der Waals surface area contributed by atoms with Crippen LogP contribution in [0.1, 0.15) is 10.4 Å². The van der Waals surface area contributed by atoms with Crippen LogP contribution in [0, 0.1) is 0 Å². The van der Waals surface area contributed by atoms with E-state index in [-0.39, 0.29) is 5.13 Å². The topological polar surface area (TPSA) is 78.0 Å². The fraction of sp³-hybridized carbons (Fsp3) is 0. The maximum absolute atomic E-state index is 11.8. The maximum atomic E-state index is 11.8. The molecular weight excluding hydrogens is 250 g/mol. The van der Waals surface area contributed by atoms with E-state index in [1.165, 1.54) is 12.1 Å². The summed E-state index contributed by atoms with van der Waals surface area (Å²) in [6.07, 6.45) is 0. The van der Waals surface area contributed by atoms with Crippen molar-refractivity contribution >= 4 is 34.0 Å². The van der Waals surface area contributed by atoms with Crippen LogP contribution >= 0.6 is 22.9 Å². The van der Waals surface area contributed by atoms with Crippen LogP contribution in [0.4, 0.5) is 5.13 Å². The molecule has 0 aliphatic heterocycles. The summed E-state index contributed by atoms with van der Waals surface area (Å²) in [4.78, 5) is 22.6. The lowest BCUT2D eigenvalue weighted by Crippen LogP contribution is -2.23. The van der Waals surface area contributed by atoms with Gasteiger partial charge in [0, 0.05) is 10.6 Å². The number of hydrogen-bond acceptors (Lipinski definition) is 5. The Hall–Kier alpha value is -1.66. The second-order valence-electron chi connectivity index (χ2n) is 2.93. The number of nitrogens with two attached hydrogens (primary N) is 1. The lowest BCUT2D eigenvalue weighted by atomic mass is 10.2. The molecule has 0 fully saturated rings. The molecule has 2 rings (SSSR count). The molecule has 5 nitrogen and oxygen atoms in total. The van der Waals surface area contributed by atoms with Crippen LogP contribution in [-0.2, 0) is 0 Å². The molecule has 7 heteroatoms. The number of rotatable bonds is 1. The molecule has 16 heavy (non-hydrogen) atoms. The van der Waals surface area contributed by atoms with Gasteiger partial charge < -0.3 is 5.73 Å². The Labute approximate surface area is 99.1 Å². The molecule has 0 unspecified atom stereocenters. The van der Waals surface area contributed by atoms with Crippen molar-refractivity contribution in [3.05, 3.63) is 44.5 Å². The number of carbonyl (C=O) groups excluding carboxylic acids is 1. The molecule has 1 aromatic heterocycles. The zero-order chi connectivity index (χ0) is 11.7. The van der Waals surface area contributed by atoms with Crippen molar-refractivity contribution < 1.29 is 4.79 Å². The van der Waals surface area contributed by atoms with Gasteiger partial charge in [0.05, 0.1) is 0 Å². The molecule has 0 aliphatic rings. The number of anilines is 1. The Morgan fingerprint density at radius 3 is 2.50 bits per heavy atom. The van der Waals surface area contributed by atoms with Crippen molar-refractivity contribution in [2.24, 2.45) is 0 Å². The average Bonchev–Trinajstić information content (AvgIpc) is 2.58. The van der Waals surface area contributed by atoms with Crippen molar-refractivity contribution in [2.45, 2.75) is 0 Å². The number of benzene rings is 1. The van der Waals surface area contributed by atoms with E-state index in [0.717, 1.165) is 16.0 Å². The number of hydrogen-bond donors (Lipinski definition) is 1. The zero-order valence-electron chi connectivity index (χ0n) is 7.88. The molecule has 2 aromatic rings. The van der Waals surface area contributed by atoms with Gasteiger partial charge in [0.2, 0.25) is 5.13 Å². The number of carbonyl (C=O) groups is 1. The predicted molar refractivity (Wildman–Crippen MR) is 62.0 cm³/mol. The van der Waals surface area contributed by atoms with Gasteiger partial charge in [-0.1, -0.05) is 11.6 Å². The highest BCUT2D eigenvalue weighted by molar-refractivity contribution is 7.12. The summed E-state index contributed by atoms with van der Waals surface area (Å²) in [6.45, 7) is 0. The SMILES string of the molecule is Nc1nn(C(=O)c2ccc(Cl)cc2)c(=O)s1. The van der Waals surface area contributed by atoms with Crippen LogP contribution in [0.3, 0.4) is 0 Å². The second kappa shape index (κ2) is 4.07. The van der Waals surface area contributed by atoms with Gasteiger partial charge >= 0.3 is 4.87 Å². The minimum Gasteiger partial charge on any atom is -0.374 e. The Kier molecular flexibility index (Phi) is 2.76. The second-order valence-corrected chi connectivity index (χ2v) is 4.34. The third kappa shape index (κ3) is 1.98. The first-order chi connectivity index (χ1) is 7.58. The molecule has 0 radical (unpaired) electrons. The standard InChI is InChI=1S/C9H6ClN3O2S/c10-6-3-1-5(2-4-6)7(14)13-9(15)16-8(11)12-13/h1-4H,(H2,11,12). The highest BCUT2D eigenvalue weighted by Gasteiger charge is 2.13. The van der Waals surface area contributed by atoms with Gasteiger partial charge in [-0.15, -0.1) is 9.78 Å². The summed E-state index contributed by atoms with van der Waals surface area (Å²) in [5, 5.41) is 4.20. The van der Waals surface area contributed by atoms with Crippen LogP contribution in [0.25, 0.3) is 0 Å². The van der Waals surface area contributed by atoms with Gasteiger partial charge in [0.15, 0.2) is 0 Å². The van der Waals surface area contributed by atoms with Crippen LogP contribution in [0.15, 0.2) is 29.1 Å². The summed E-state index contributed by atoms with van der Waals surface area (Å²) in [5.41, 5.74) is 5.66. The van der Waals surface area contributed by atoms with E-state index in [4.69, 9.17) is 17.3 Å². The Bertz CT molecular complexity index is 588. The first kappa shape index (κ1) is 10.8. The fourth-order valence-electron chi connectivity index (χ4n) is 1.14. The van der Waals surface area contributed by atoms with Gasteiger partial charge in [-0.05, 0) is 35.6 Å². The molecule has 1 heterocycles. The van der Waals surface area contributed by atoms with Gasteiger partial charge in [-0.3, -0.25) is 9.59 Å². The van der Waals surface area contributed by atoms with Crippen LogP contribution < -0.4 is 10.6 Å². The molecule has 0 bridgehead atoms. The average molecular weight is 256 g/mol. The smallest absolute Gasteiger partial charge is 0.334 e. The van der Waals surface area contributed by atoms with Crippen molar-refractivity contribution in [1.82, 2.24) is 9.78 Å². The van der Waals surface area contributed by atoms with Crippen molar-refractivity contribution in [1.29, 1.82) is 0 Å². The lowest BCUT2D eigenvalue weighted by Gasteiger charge is -1.98. The van der Waals surface area contributed by atoms with E-state index in [1.54, 1.807) is 12.1 Å². The molecule has 0 saturated carbocycles. The normalized spacial score (nSPS) is 10.3. The summed E-state index contributed by atoms with van der Waals surface area (Å²) in [5.74, 6) is -0.519. The van der Waals surface area contributed by atoms with E-state index < -0.39 is 10.8 Å². The van der Waals surface area contributed by atoms with E-state index >= 15 is 0 Å². The Morgan fingerprint density at radius 1 is 1.38 bits per heavy atom. The highest BCUT2D eigenvalue weighted by atomic mass is 35.5. The quantitative estimate of drug-likeness (QED) is 0.831. The summed E-state index contributed by atoms with van der Waals surface area (Å²) in [6, 6.07) is 6.17. The van der Waals surface area contributed by atoms with E-state index in [0.29, 0.717) is 10.6 Å². The molecule has 0 saturated heterocycles. The number of halogens is 1. The number of aromatic nitrogens is 2. The Balaban J connectivity index is 2.43. The maximum Gasteiger partial charge on any atom is 0.334 e. The van der Waals surface area contributed by atoms with Crippen LogP contribution in [0.2, 0.25) is 5.02 Å². The summed E-state index contributed by atoms with van der Waals surface area (Å²) < 4.78 is 0.739. The van der Waals surface area contributed by atoms with Gasteiger partial charge in [-0.25, -0.2) is 0 Å². The molecule has 1 aromatic carbocycles. The molecule has 0 amide bonds. The third-order valence-electron chi connectivity index (χ3n) is 1.85. The highest BCUT2D eigenvalue weighted by Crippen LogP contribution is 2.10. The minimum atomic E-state index is -0.519. The largest absolute Gasteiger partial charge is 0.374 e. The molecule has 0 atom stereocenters. The van der Waals surface area contributed by atoms with E-state index in [1.807, 2.05) is 0 Å². The fourth-order valence-corrected chi connectivity index (χ4v) is 1.77. The van der Waals surface area contributed by atoms with Gasteiger partial charge in [0.25, 0.3) is 5.91 Å². The molecular formula is C9H6ClN3O2S. The van der Waals surface area contributed by atoms with Crippen LogP contribution in [0.5, 0.6) is 0 Å². The molecule has 0 aliphatic carbocycles. The van der Waals surface area contributed by atoms with E-state index in [9.17, 15) is 9.59 Å². The predicted octanol–water partition coefficient (Wildman–Crippen LogP) is 1.23. The first-order valence-corrected chi connectivity index (χ1v) is 5.43. The molecule has 0 spiro atoms. The van der Waals surface area contributed by atoms with E-state index in [2.05, 4.69) is 5.10 Å². The van der Waals surface area contributed by atoms with Gasteiger partial charge in [0.1, 0.15) is 0 Å². The summed E-state index contributed by atoms with van der Waals surface area (Å²) in [7, 11) is 0. The van der Waals surface area contributed by atoms with Crippen molar-refractivity contribution in [3.63, 3.8) is 0 Å². The van der Waals surface area contributed by atoms with Crippen molar-refractivity contribution in [2.75, 3.05) is 5.73 Å². The molecule has 82 valence electrons. The third-order valence-corrected chi connectivity index (χ3v) is 2.74. The lowest BCUT2D eigenvalue weighted by molar-refractivity contribution is 0.0942. The first-order valence-electron chi connectivity index (χ1n) is 4.24. The monoisotopic (exact) mass is 255 g/mol. The van der Waals surface area contributed by atoms with Gasteiger partial charge in [-0.2, -0.15) is 0 Å². The van der Waals surface area contributed by atoms with Crippen LogP contribution in [-0.4, -0.2) is 15.7 Å². The minimum absolute atomic E-state index is 0.0623. The number of nitrogens with zero attached hydrogens (tertiary/aromatic N) is 2. The van der Waals surface area contributed by atoms with Crippen molar-refractivity contribution in [3.8, 4) is 0 Å². The zero-order valence-corrected chi connectivity index (χ0v) is 9.46. The summed E-state index contributed by atoms with van der Waals surface area (Å²) >= 11 is 6.41.